The second-order valence-corrected chi connectivity index (χ2v) is 17.4. The van der Waals surface area contributed by atoms with E-state index in [-0.39, 0.29) is 20.2 Å². The van der Waals surface area contributed by atoms with Crippen molar-refractivity contribution >= 4 is 109 Å². The molecule has 0 saturated heterocycles. The first kappa shape index (κ1) is 39.0. The maximum atomic E-state index is 8.96. The molecule has 8 nitrogen and oxygen atoms in total. The highest BCUT2D eigenvalue weighted by Crippen LogP contribution is 2.36. The molecule has 0 radical (unpaired) electrons. The van der Waals surface area contributed by atoms with Gasteiger partial charge in [0, 0.05) is 21.9 Å². The maximum absolute atomic E-state index is 8.96. The topological polar surface area (TPSA) is 147 Å². The van der Waals surface area contributed by atoms with Crippen molar-refractivity contribution in [2.45, 2.75) is 0 Å². The summed E-state index contributed by atoms with van der Waals surface area (Å²) in [7, 11) is 0. The van der Waals surface area contributed by atoms with Gasteiger partial charge in [-0.2, -0.15) is 0 Å². The molecule has 0 bridgehead atoms. The van der Waals surface area contributed by atoms with Crippen molar-refractivity contribution in [1.29, 1.82) is 21.6 Å². The monoisotopic (exact) mass is 858 g/mol. The van der Waals surface area contributed by atoms with E-state index in [9.17, 15) is 0 Å². The second-order valence-electron chi connectivity index (χ2n) is 15.3. The molecule has 4 aromatic heterocycles. The Balaban J connectivity index is 0.803. The van der Waals surface area contributed by atoms with Crippen LogP contribution in [0.3, 0.4) is 0 Å². The quantitative estimate of drug-likeness (QED) is 0.0744. The van der Waals surface area contributed by atoms with Crippen LogP contribution in [0.5, 0.6) is 0 Å². The van der Waals surface area contributed by atoms with Crippen LogP contribution in [0.1, 0.15) is 22.8 Å². The molecule has 0 atom stereocenters. The summed E-state index contributed by atoms with van der Waals surface area (Å²) >= 11 is 2.04. The summed E-state index contributed by atoms with van der Waals surface area (Å²) in [5.41, 5.74) is 6.77. The molecule has 7 aromatic carbocycles. The van der Waals surface area contributed by atoms with Crippen molar-refractivity contribution in [3.63, 3.8) is 0 Å². The van der Waals surface area contributed by atoms with Crippen LogP contribution in [0, 0.1) is 21.6 Å². The predicted molar refractivity (Wildman–Crippen MR) is 269 cm³/mol. The zero-order valence-corrected chi connectivity index (χ0v) is 35.6. The SMILES string of the molecule is N=C(SC(=N)c1ccc2c(ccc3nc(C(=N)SC(=N)c4cccc(-c5cc6ccccc6c6ccccc56)n4)ccc32)n1)c1cccc(-c2cc3ccccc3c3ccccc23)n1. The molecule has 0 saturated carbocycles. The molecule has 0 unspecified atom stereocenters. The van der Waals surface area contributed by atoms with E-state index >= 15 is 0 Å². The lowest BCUT2D eigenvalue weighted by Crippen LogP contribution is -2.06. The third-order valence-corrected chi connectivity index (χ3v) is 13.1. The van der Waals surface area contributed by atoms with E-state index in [0.717, 1.165) is 89.1 Å². The lowest BCUT2D eigenvalue weighted by atomic mass is 9.95. The molecule has 0 amide bonds. The minimum absolute atomic E-state index is 0.141. The number of pyridine rings is 4. The van der Waals surface area contributed by atoms with Gasteiger partial charge in [0.05, 0.1) is 45.2 Å². The first-order valence-electron chi connectivity index (χ1n) is 20.5. The van der Waals surface area contributed by atoms with Gasteiger partial charge in [0.15, 0.2) is 0 Å². The van der Waals surface area contributed by atoms with Gasteiger partial charge >= 0.3 is 0 Å². The number of rotatable bonds is 6. The van der Waals surface area contributed by atoms with Crippen LogP contribution < -0.4 is 0 Å². The van der Waals surface area contributed by atoms with E-state index < -0.39 is 0 Å². The van der Waals surface area contributed by atoms with Crippen LogP contribution in [0.15, 0.2) is 182 Å². The molecular weight excluding hydrogens is 825 g/mol. The Hall–Kier alpha value is -7.92. The molecule has 0 aliphatic heterocycles. The van der Waals surface area contributed by atoms with Gasteiger partial charge in [-0.3, -0.25) is 21.6 Å². The van der Waals surface area contributed by atoms with Crippen molar-refractivity contribution in [2.75, 3.05) is 0 Å². The Bertz CT molecular complexity index is 3540. The average molecular weight is 859 g/mol. The minimum atomic E-state index is 0.141. The van der Waals surface area contributed by atoms with Crippen molar-refractivity contribution in [3.05, 3.63) is 205 Å². The highest BCUT2D eigenvalue weighted by molar-refractivity contribution is 8.27. The van der Waals surface area contributed by atoms with Gasteiger partial charge in [-0.05, 0) is 139 Å². The van der Waals surface area contributed by atoms with E-state index in [1.165, 1.54) is 10.8 Å². The molecule has 0 spiro atoms. The van der Waals surface area contributed by atoms with Gasteiger partial charge in [-0.15, -0.1) is 0 Å². The predicted octanol–water partition coefficient (Wildman–Crippen LogP) is 13.7. The van der Waals surface area contributed by atoms with Gasteiger partial charge in [-0.1, -0.05) is 109 Å². The molecule has 0 aliphatic rings. The third kappa shape index (κ3) is 7.04. The fourth-order valence-electron chi connectivity index (χ4n) is 8.44. The molecule has 64 heavy (non-hydrogen) atoms. The van der Waals surface area contributed by atoms with Gasteiger partial charge < -0.3 is 0 Å². The Kier molecular flexibility index (Phi) is 9.79. The summed E-state index contributed by atoms with van der Waals surface area (Å²) in [6, 6.07) is 60.2. The molecule has 302 valence electrons. The highest BCUT2D eigenvalue weighted by Gasteiger charge is 2.18. The zero-order valence-electron chi connectivity index (χ0n) is 33.9. The normalized spacial score (nSPS) is 11.5. The van der Waals surface area contributed by atoms with Crippen LogP contribution in [-0.4, -0.2) is 40.1 Å². The first-order chi connectivity index (χ1) is 31.4. The number of hydrogen-bond donors (Lipinski definition) is 4. The molecule has 0 fully saturated rings. The van der Waals surface area contributed by atoms with Crippen molar-refractivity contribution in [2.24, 2.45) is 0 Å². The lowest BCUT2D eigenvalue weighted by Gasteiger charge is -2.12. The third-order valence-electron chi connectivity index (χ3n) is 11.5. The number of hydrogen-bond acceptors (Lipinski definition) is 10. The van der Waals surface area contributed by atoms with Crippen LogP contribution in [0.4, 0.5) is 0 Å². The van der Waals surface area contributed by atoms with Gasteiger partial charge in [0.2, 0.25) is 0 Å². The van der Waals surface area contributed by atoms with Crippen molar-refractivity contribution in [1.82, 2.24) is 19.9 Å². The van der Waals surface area contributed by atoms with E-state index in [2.05, 4.69) is 72.8 Å². The largest absolute Gasteiger partial charge is 0.292 e. The molecule has 11 aromatic rings. The number of benzene rings is 7. The van der Waals surface area contributed by atoms with Gasteiger partial charge in [0.1, 0.15) is 20.2 Å². The summed E-state index contributed by atoms with van der Waals surface area (Å²) < 4.78 is 0. The van der Waals surface area contributed by atoms with Crippen LogP contribution in [-0.2, 0) is 0 Å². The van der Waals surface area contributed by atoms with Crippen LogP contribution in [0.25, 0.3) is 87.4 Å². The molecular formula is C54H34N8S2. The number of nitrogens with one attached hydrogen (secondary N) is 4. The highest BCUT2D eigenvalue weighted by atomic mass is 32.2. The van der Waals surface area contributed by atoms with E-state index in [1.54, 1.807) is 24.3 Å². The molecule has 4 N–H and O–H groups in total. The summed E-state index contributed by atoms with van der Waals surface area (Å²) in [4.78, 5) is 19.5. The minimum Gasteiger partial charge on any atom is -0.292 e. The van der Waals surface area contributed by atoms with Crippen molar-refractivity contribution < 1.29 is 0 Å². The van der Waals surface area contributed by atoms with Crippen LogP contribution in [0.2, 0.25) is 0 Å². The van der Waals surface area contributed by atoms with Crippen LogP contribution >= 0.6 is 23.5 Å². The summed E-state index contributed by atoms with van der Waals surface area (Å²) in [5, 5.41) is 47.2. The fraction of sp³-hybridized carbons (Fsp3) is 0. The fourth-order valence-corrected chi connectivity index (χ4v) is 9.72. The Morgan fingerprint density at radius 2 is 0.656 bits per heavy atom. The molecule has 0 aliphatic carbocycles. The summed E-state index contributed by atoms with van der Waals surface area (Å²) in [5.74, 6) is 0. The summed E-state index contributed by atoms with van der Waals surface area (Å²) in [6.45, 7) is 0. The maximum Gasteiger partial charge on any atom is 0.119 e. The standard InChI is InChI=1S/C54H34N8S2/c55-51(47-21-9-19-43(59-47)41-29-31-11-1-3-13-33(31)35-15-5-7-17-37(35)41)63-53(57)49-25-23-39-40-24-26-50(62-46(40)28-27-45(39)61-49)54(58)64-52(56)48-22-10-20-44(60-48)42-30-32-12-2-4-14-34(32)36-16-6-8-18-38(36)42/h1-30,55-58H. The molecule has 10 heteroatoms. The smallest absolute Gasteiger partial charge is 0.119 e. The zero-order chi connectivity index (χ0) is 43.3. The van der Waals surface area contributed by atoms with Gasteiger partial charge in [-0.25, -0.2) is 19.9 Å². The van der Waals surface area contributed by atoms with Gasteiger partial charge in [0.25, 0.3) is 0 Å². The molecule has 11 rings (SSSR count). The second kappa shape index (κ2) is 16.1. The first-order valence-corrected chi connectivity index (χ1v) is 22.2. The lowest BCUT2D eigenvalue weighted by molar-refractivity contribution is 1.29. The van der Waals surface area contributed by atoms with E-state index in [1.807, 2.05) is 84.9 Å². The summed E-state index contributed by atoms with van der Waals surface area (Å²) in [6.07, 6.45) is 0. The number of thioether (sulfide) groups is 2. The Labute approximate surface area is 375 Å². The molecule has 4 heterocycles. The number of aromatic nitrogens is 4. The van der Waals surface area contributed by atoms with E-state index in [0.29, 0.717) is 33.8 Å². The Morgan fingerprint density at radius 1 is 0.297 bits per heavy atom. The number of nitrogens with zero attached hydrogens (tertiary/aromatic N) is 4. The average Bonchev–Trinajstić information content (AvgIpc) is 3.35. The Morgan fingerprint density at radius 3 is 1.08 bits per heavy atom. The van der Waals surface area contributed by atoms with Crippen molar-refractivity contribution in [3.8, 4) is 22.5 Å². The van der Waals surface area contributed by atoms with E-state index in [4.69, 9.17) is 41.6 Å². The number of fused-ring (bicyclic) bond motifs is 9.